The molecule has 1 aliphatic carbocycles. The lowest BCUT2D eigenvalue weighted by Crippen LogP contribution is -2.03. The van der Waals surface area contributed by atoms with Gasteiger partial charge in [0.25, 0.3) is 0 Å². The summed E-state index contributed by atoms with van der Waals surface area (Å²) in [4.78, 5) is 0. The Kier molecular flexibility index (Phi) is 5.52. The zero-order valence-electron chi connectivity index (χ0n) is 19.7. The number of hydrogen-bond acceptors (Lipinski definition) is 1. The Morgan fingerprint density at radius 1 is 0.457 bits per heavy atom. The second-order valence-corrected chi connectivity index (χ2v) is 8.90. The van der Waals surface area contributed by atoms with Crippen LogP contribution in [0.5, 0.6) is 0 Å². The number of rotatable bonds is 5. The first-order valence-corrected chi connectivity index (χ1v) is 12.0. The van der Waals surface area contributed by atoms with E-state index in [9.17, 15) is 0 Å². The molecule has 0 bridgehead atoms. The van der Waals surface area contributed by atoms with E-state index in [4.69, 9.17) is 4.74 Å². The minimum Gasteiger partial charge on any atom is -0.499 e. The molecule has 0 fully saturated rings. The van der Waals surface area contributed by atoms with Crippen molar-refractivity contribution in [1.82, 2.24) is 0 Å². The molecular formula is C34H26O. The van der Waals surface area contributed by atoms with Crippen LogP contribution in [-0.4, -0.2) is 7.11 Å². The fourth-order valence-corrected chi connectivity index (χ4v) is 5.20. The van der Waals surface area contributed by atoms with Crippen molar-refractivity contribution < 1.29 is 4.74 Å². The Balaban J connectivity index is 1.42. The highest BCUT2D eigenvalue weighted by atomic mass is 16.5. The Hall–Kier alpha value is -4.36. The van der Waals surface area contributed by atoms with Gasteiger partial charge in [0.05, 0.1) is 13.0 Å². The summed E-state index contributed by atoms with van der Waals surface area (Å²) < 4.78 is 6.14. The molecule has 6 rings (SSSR count). The minimum atomic E-state index is 0.0739. The van der Waals surface area contributed by atoms with E-state index in [0.29, 0.717) is 0 Å². The number of fused-ring (bicyclic) bond motifs is 1. The van der Waals surface area contributed by atoms with Crippen molar-refractivity contribution in [3.8, 4) is 22.3 Å². The first-order valence-electron chi connectivity index (χ1n) is 12.0. The van der Waals surface area contributed by atoms with Gasteiger partial charge in [-0.15, -0.1) is 0 Å². The van der Waals surface area contributed by atoms with Gasteiger partial charge in [0.1, 0.15) is 5.76 Å². The highest BCUT2D eigenvalue weighted by Gasteiger charge is 2.34. The first-order chi connectivity index (χ1) is 17.3. The summed E-state index contributed by atoms with van der Waals surface area (Å²) in [5.74, 6) is 1.08. The molecule has 0 aromatic heterocycles. The summed E-state index contributed by atoms with van der Waals surface area (Å²) >= 11 is 0. The summed E-state index contributed by atoms with van der Waals surface area (Å²) in [6.45, 7) is 0. The Labute approximate surface area is 207 Å². The predicted molar refractivity (Wildman–Crippen MR) is 145 cm³/mol. The second-order valence-electron chi connectivity index (χ2n) is 8.90. The minimum absolute atomic E-state index is 0.0739. The standard InChI is InChI=1S/C34H26O/c1-35-34-32(28-20-16-26(17-21-28)24-10-4-2-5-11-24)30-14-8-9-15-31(30)33(34)29-22-18-27(19-23-29)25-12-6-3-7-13-25/h2-23,32H,1H3. The van der Waals surface area contributed by atoms with Crippen LogP contribution in [0.3, 0.4) is 0 Å². The van der Waals surface area contributed by atoms with Gasteiger partial charge in [-0.3, -0.25) is 0 Å². The van der Waals surface area contributed by atoms with Crippen molar-refractivity contribution in [1.29, 1.82) is 0 Å². The van der Waals surface area contributed by atoms with E-state index >= 15 is 0 Å². The molecule has 35 heavy (non-hydrogen) atoms. The molecule has 0 aliphatic heterocycles. The topological polar surface area (TPSA) is 9.23 Å². The monoisotopic (exact) mass is 450 g/mol. The largest absolute Gasteiger partial charge is 0.499 e. The van der Waals surface area contributed by atoms with E-state index in [0.717, 1.165) is 5.76 Å². The van der Waals surface area contributed by atoms with Gasteiger partial charge in [-0.2, -0.15) is 0 Å². The maximum absolute atomic E-state index is 6.14. The molecule has 0 amide bonds. The first kappa shape index (κ1) is 21.2. The molecule has 1 heteroatoms. The van der Waals surface area contributed by atoms with Gasteiger partial charge in [0.15, 0.2) is 0 Å². The number of hydrogen-bond donors (Lipinski definition) is 0. The van der Waals surface area contributed by atoms with Gasteiger partial charge in [-0.25, -0.2) is 0 Å². The van der Waals surface area contributed by atoms with Gasteiger partial charge in [-0.05, 0) is 44.5 Å². The molecule has 0 saturated carbocycles. The smallest absolute Gasteiger partial charge is 0.116 e. The molecule has 0 radical (unpaired) electrons. The molecule has 0 N–H and O–H groups in total. The van der Waals surface area contributed by atoms with Crippen molar-refractivity contribution in [2.75, 3.05) is 7.11 Å². The number of benzene rings is 5. The molecule has 168 valence electrons. The van der Waals surface area contributed by atoms with Crippen LogP contribution in [0, 0.1) is 0 Å². The van der Waals surface area contributed by atoms with Crippen LogP contribution in [0.15, 0.2) is 139 Å². The van der Waals surface area contributed by atoms with Crippen molar-refractivity contribution in [2.45, 2.75) is 5.92 Å². The molecule has 5 aromatic rings. The fraction of sp³-hybridized carbons (Fsp3) is 0.0588. The Bertz CT molecular complexity index is 1480. The molecule has 5 aromatic carbocycles. The predicted octanol–water partition coefficient (Wildman–Crippen LogP) is 8.57. The van der Waals surface area contributed by atoms with Crippen molar-refractivity contribution >= 4 is 5.57 Å². The molecule has 1 unspecified atom stereocenters. The summed E-state index contributed by atoms with van der Waals surface area (Å²) in [7, 11) is 1.80. The maximum Gasteiger partial charge on any atom is 0.116 e. The van der Waals surface area contributed by atoms with Gasteiger partial charge in [0.2, 0.25) is 0 Å². The lowest BCUT2D eigenvalue weighted by molar-refractivity contribution is 0.278. The third kappa shape index (κ3) is 3.86. The van der Waals surface area contributed by atoms with E-state index < -0.39 is 0 Å². The zero-order chi connectivity index (χ0) is 23.6. The van der Waals surface area contributed by atoms with Crippen LogP contribution < -0.4 is 0 Å². The van der Waals surface area contributed by atoms with E-state index in [1.54, 1.807) is 7.11 Å². The van der Waals surface area contributed by atoms with E-state index in [-0.39, 0.29) is 5.92 Å². The normalized spacial score (nSPS) is 14.6. The highest BCUT2D eigenvalue weighted by Crippen LogP contribution is 2.48. The molecule has 0 spiro atoms. The van der Waals surface area contributed by atoms with Gasteiger partial charge < -0.3 is 4.74 Å². The van der Waals surface area contributed by atoms with Crippen LogP contribution >= 0.6 is 0 Å². The number of ether oxygens (including phenoxy) is 1. The second kappa shape index (κ2) is 9.12. The number of methoxy groups -OCH3 is 1. The molecule has 1 aliphatic rings. The number of allylic oxidation sites excluding steroid dienone is 1. The van der Waals surface area contributed by atoms with Gasteiger partial charge in [0, 0.05) is 5.57 Å². The summed E-state index contributed by atoms with van der Waals surface area (Å²) in [6.07, 6.45) is 0. The van der Waals surface area contributed by atoms with E-state index in [2.05, 4.69) is 133 Å². The summed E-state index contributed by atoms with van der Waals surface area (Å²) in [5.41, 5.74) is 11.0. The van der Waals surface area contributed by atoms with Crippen LogP contribution in [0.4, 0.5) is 0 Å². The quantitative estimate of drug-likeness (QED) is 0.260. The molecular weight excluding hydrogens is 424 g/mol. The highest BCUT2D eigenvalue weighted by molar-refractivity contribution is 5.89. The average Bonchev–Trinajstić information content (AvgIpc) is 3.28. The lowest BCUT2D eigenvalue weighted by atomic mass is 9.91. The van der Waals surface area contributed by atoms with Crippen LogP contribution in [0.2, 0.25) is 0 Å². The lowest BCUT2D eigenvalue weighted by Gasteiger charge is -2.17. The Morgan fingerprint density at radius 2 is 0.914 bits per heavy atom. The van der Waals surface area contributed by atoms with Crippen molar-refractivity contribution in [3.05, 3.63) is 161 Å². The van der Waals surface area contributed by atoms with Crippen molar-refractivity contribution in [3.63, 3.8) is 0 Å². The van der Waals surface area contributed by atoms with Gasteiger partial charge in [-0.1, -0.05) is 133 Å². The Morgan fingerprint density at radius 3 is 1.49 bits per heavy atom. The summed E-state index contributed by atoms with van der Waals surface area (Å²) in [5, 5.41) is 0. The molecule has 1 nitrogen and oxygen atoms in total. The molecule has 0 heterocycles. The van der Waals surface area contributed by atoms with Crippen molar-refractivity contribution in [2.24, 2.45) is 0 Å². The van der Waals surface area contributed by atoms with Crippen LogP contribution in [-0.2, 0) is 4.74 Å². The van der Waals surface area contributed by atoms with Crippen LogP contribution in [0.25, 0.3) is 27.8 Å². The van der Waals surface area contributed by atoms with E-state index in [1.807, 2.05) is 0 Å². The zero-order valence-corrected chi connectivity index (χ0v) is 19.7. The fourth-order valence-electron chi connectivity index (χ4n) is 5.20. The molecule has 1 atom stereocenters. The van der Waals surface area contributed by atoms with E-state index in [1.165, 1.54) is 50.1 Å². The maximum atomic E-state index is 6.14. The van der Waals surface area contributed by atoms with Crippen LogP contribution in [0.1, 0.15) is 28.2 Å². The average molecular weight is 451 g/mol. The molecule has 0 saturated heterocycles. The van der Waals surface area contributed by atoms with Gasteiger partial charge >= 0.3 is 0 Å². The SMILES string of the molecule is COC1=C(c2ccc(-c3ccccc3)cc2)c2ccccc2C1c1ccc(-c2ccccc2)cc1. The third-order valence-electron chi connectivity index (χ3n) is 6.90. The third-order valence-corrected chi connectivity index (χ3v) is 6.90. The summed E-state index contributed by atoms with van der Waals surface area (Å²) in [6, 6.07) is 47.5.